The monoisotopic (exact) mass is 350 g/mol. The molecule has 0 aliphatic carbocycles. The number of nitrogens with zero attached hydrogens (tertiary/aromatic N) is 2. The van der Waals surface area contributed by atoms with E-state index < -0.39 is 5.97 Å². The van der Waals surface area contributed by atoms with Crippen molar-refractivity contribution in [3.8, 4) is 10.6 Å². The van der Waals surface area contributed by atoms with Crippen LogP contribution in [0.5, 0.6) is 0 Å². The van der Waals surface area contributed by atoms with Gasteiger partial charge in [-0.2, -0.15) is 0 Å². The van der Waals surface area contributed by atoms with Crippen molar-refractivity contribution >= 4 is 28.8 Å². The Bertz CT molecular complexity index is 915. The second kappa shape index (κ2) is 6.91. The summed E-state index contributed by atoms with van der Waals surface area (Å²) >= 11 is 1.17. The van der Waals surface area contributed by atoms with Gasteiger partial charge in [0.1, 0.15) is 5.01 Å². The molecule has 5 heteroatoms. The highest BCUT2D eigenvalue weighted by atomic mass is 32.1. The predicted molar refractivity (Wildman–Crippen MR) is 103 cm³/mol. The van der Waals surface area contributed by atoms with Gasteiger partial charge in [-0.3, -0.25) is 0 Å². The molecule has 0 radical (unpaired) electrons. The maximum absolute atomic E-state index is 11.7. The van der Waals surface area contributed by atoms with Gasteiger partial charge in [-0.15, -0.1) is 11.3 Å². The standard InChI is InChI=1S/C20H18N2O2S/c1-13-9-11-15(12-10-13)14(2)22(3)18-17(20(23)24)25-19(21-18)16-7-5-4-6-8-16/h4-12H,2H2,1,3H3,(H,23,24). The van der Waals surface area contributed by atoms with Gasteiger partial charge in [0.2, 0.25) is 0 Å². The zero-order valence-electron chi connectivity index (χ0n) is 14.1. The minimum absolute atomic E-state index is 0.203. The van der Waals surface area contributed by atoms with Crippen LogP contribution in [-0.4, -0.2) is 23.1 Å². The summed E-state index contributed by atoms with van der Waals surface area (Å²) in [5.41, 5.74) is 3.69. The van der Waals surface area contributed by atoms with Crippen LogP contribution in [0, 0.1) is 6.92 Å². The molecule has 0 aliphatic heterocycles. The van der Waals surface area contributed by atoms with Crippen molar-refractivity contribution in [2.24, 2.45) is 0 Å². The molecule has 0 bridgehead atoms. The molecule has 0 fully saturated rings. The van der Waals surface area contributed by atoms with Crippen molar-refractivity contribution in [2.75, 3.05) is 11.9 Å². The number of aromatic nitrogens is 1. The lowest BCUT2D eigenvalue weighted by Gasteiger charge is -2.20. The van der Waals surface area contributed by atoms with Gasteiger partial charge in [0, 0.05) is 18.3 Å². The van der Waals surface area contributed by atoms with E-state index in [-0.39, 0.29) is 4.88 Å². The summed E-state index contributed by atoms with van der Waals surface area (Å²) in [6.07, 6.45) is 0. The van der Waals surface area contributed by atoms with E-state index in [4.69, 9.17) is 0 Å². The first-order valence-electron chi connectivity index (χ1n) is 7.76. The molecule has 3 rings (SSSR count). The molecular formula is C20H18N2O2S. The van der Waals surface area contributed by atoms with E-state index in [1.54, 1.807) is 11.9 Å². The van der Waals surface area contributed by atoms with Crippen LogP contribution in [0.15, 0.2) is 61.2 Å². The Hall–Kier alpha value is -2.92. The summed E-state index contributed by atoms with van der Waals surface area (Å²) in [4.78, 5) is 18.2. The summed E-state index contributed by atoms with van der Waals surface area (Å²) in [5, 5.41) is 10.3. The number of aryl methyl sites for hydroxylation is 1. The molecule has 3 aromatic rings. The fourth-order valence-corrected chi connectivity index (χ4v) is 3.39. The van der Waals surface area contributed by atoms with Crippen LogP contribution in [0.4, 0.5) is 5.82 Å². The van der Waals surface area contributed by atoms with E-state index in [0.29, 0.717) is 16.5 Å². The number of rotatable bonds is 5. The Labute approximate surface area is 150 Å². The van der Waals surface area contributed by atoms with Crippen molar-refractivity contribution in [3.05, 3.63) is 77.2 Å². The van der Waals surface area contributed by atoms with Gasteiger partial charge in [-0.1, -0.05) is 66.7 Å². The molecule has 0 aliphatic rings. The van der Waals surface area contributed by atoms with Crippen molar-refractivity contribution in [1.29, 1.82) is 0 Å². The Kier molecular flexibility index (Phi) is 4.67. The molecule has 1 aromatic heterocycles. The first kappa shape index (κ1) is 16.9. The molecule has 0 saturated carbocycles. The number of carboxylic acid groups (broad SMARTS) is 1. The van der Waals surface area contributed by atoms with Crippen LogP contribution in [0.3, 0.4) is 0 Å². The summed E-state index contributed by atoms with van der Waals surface area (Å²) < 4.78 is 0. The second-order valence-electron chi connectivity index (χ2n) is 5.71. The molecule has 0 spiro atoms. The second-order valence-corrected chi connectivity index (χ2v) is 6.71. The molecular weight excluding hydrogens is 332 g/mol. The maximum atomic E-state index is 11.7. The molecule has 0 unspecified atom stereocenters. The Morgan fingerprint density at radius 3 is 2.36 bits per heavy atom. The van der Waals surface area contributed by atoms with Crippen LogP contribution >= 0.6 is 11.3 Å². The Morgan fingerprint density at radius 2 is 1.76 bits per heavy atom. The minimum atomic E-state index is -0.988. The van der Waals surface area contributed by atoms with Gasteiger partial charge in [0.15, 0.2) is 10.7 Å². The third-order valence-corrected chi connectivity index (χ3v) is 5.01. The number of benzene rings is 2. The third kappa shape index (κ3) is 3.46. The van der Waals surface area contributed by atoms with Gasteiger partial charge in [-0.05, 0) is 12.5 Å². The SMILES string of the molecule is C=C(c1ccc(C)cc1)N(C)c1nc(-c2ccccc2)sc1C(=O)O. The molecule has 25 heavy (non-hydrogen) atoms. The number of anilines is 1. The van der Waals surface area contributed by atoms with Crippen molar-refractivity contribution < 1.29 is 9.90 Å². The number of aromatic carboxylic acids is 1. The van der Waals surface area contributed by atoms with Crippen molar-refractivity contribution in [2.45, 2.75) is 6.92 Å². The number of hydrogen-bond acceptors (Lipinski definition) is 4. The molecule has 4 nitrogen and oxygen atoms in total. The Morgan fingerprint density at radius 1 is 1.12 bits per heavy atom. The fraction of sp³-hybridized carbons (Fsp3) is 0.100. The highest BCUT2D eigenvalue weighted by molar-refractivity contribution is 7.17. The van der Waals surface area contributed by atoms with E-state index in [1.165, 1.54) is 11.3 Å². The van der Waals surface area contributed by atoms with Gasteiger partial charge in [0.05, 0.1) is 0 Å². The lowest BCUT2D eigenvalue weighted by Crippen LogP contribution is -2.17. The highest BCUT2D eigenvalue weighted by Gasteiger charge is 2.22. The molecule has 126 valence electrons. The van der Waals surface area contributed by atoms with Crippen LogP contribution < -0.4 is 4.90 Å². The smallest absolute Gasteiger partial charge is 0.349 e. The van der Waals surface area contributed by atoms with E-state index in [1.807, 2.05) is 61.5 Å². The first-order chi connectivity index (χ1) is 12.0. The van der Waals surface area contributed by atoms with Gasteiger partial charge >= 0.3 is 5.97 Å². The van der Waals surface area contributed by atoms with Crippen LogP contribution in [0.25, 0.3) is 16.3 Å². The van der Waals surface area contributed by atoms with E-state index in [0.717, 1.165) is 16.7 Å². The van der Waals surface area contributed by atoms with E-state index >= 15 is 0 Å². The lowest BCUT2D eigenvalue weighted by molar-refractivity contribution is 0.0702. The number of carbonyl (C=O) groups is 1. The molecule has 1 heterocycles. The minimum Gasteiger partial charge on any atom is -0.477 e. The normalized spacial score (nSPS) is 10.5. The van der Waals surface area contributed by atoms with E-state index in [2.05, 4.69) is 11.6 Å². The summed E-state index contributed by atoms with van der Waals surface area (Å²) in [6.45, 7) is 6.13. The maximum Gasteiger partial charge on any atom is 0.349 e. The van der Waals surface area contributed by atoms with Gasteiger partial charge < -0.3 is 10.0 Å². The van der Waals surface area contributed by atoms with Crippen LogP contribution in [-0.2, 0) is 0 Å². The van der Waals surface area contributed by atoms with Crippen LogP contribution in [0.2, 0.25) is 0 Å². The highest BCUT2D eigenvalue weighted by Crippen LogP contribution is 2.35. The number of thiazole rings is 1. The largest absolute Gasteiger partial charge is 0.477 e. The number of hydrogen-bond donors (Lipinski definition) is 1. The van der Waals surface area contributed by atoms with E-state index in [9.17, 15) is 9.90 Å². The molecule has 2 aromatic carbocycles. The summed E-state index contributed by atoms with van der Waals surface area (Å²) in [7, 11) is 1.79. The lowest BCUT2D eigenvalue weighted by atomic mass is 10.1. The molecule has 0 amide bonds. The molecule has 0 atom stereocenters. The first-order valence-corrected chi connectivity index (χ1v) is 8.58. The zero-order chi connectivity index (χ0) is 18.0. The Balaban J connectivity index is 2.00. The molecule has 0 saturated heterocycles. The van der Waals surface area contributed by atoms with Crippen molar-refractivity contribution in [3.63, 3.8) is 0 Å². The summed E-state index contributed by atoms with van der Waals surface area (Å²) in [6, 6.07) is 17.5. The number of carboxylic acids is 1. The molecule has 1 N–H and O–H groups in total. The van der Waals surface area contributed by atoms with Gasteiger partial charge in [0.25, 0.3) is 0 Å². The zero-order valence-corrected chi connectivity index (χ0v) is 14.9. The average Bonchev–Trinajstić information content (AvgIpc) is 3.07. The van der Waals surface area contributed by atoms with Crippen molar-refractivity contribution in [1.82, 2.24) is 4.98 Å². The third-order valence-electron chi connectivity index (χ3n) is 3.93. The topological polar surface area (TPSA) is 53.4 Å². The summed E-state index contributed by atoms with van der Waals surface area (Å²) in [5.74, 6) is -0.583. The quantitative estimate of drug-likeness (QED) is 0.709. The predicted octanol–water partition coefficient (Wildman–Crippen LogP) is 4.92. The average molecular weight is 350 g/mol. The van der Waals surface area contributed by atoms with Crippen LogP contribution in [0.1, 0.15) is 20.8 Å². The van der Waals surface area contributed by atoms with Gasteiger partial charge in [-0.25, -0.2) is 9.78 Å². The fourth-order valence-electron chi connectivity index (χ4n) is 2.45.